The number of halogens is 1. The smallest absolute Gasteiger partial charge is 0.329 e. The average Bonchev–Trinajstić information content (AvgIpc) is 3.39. The van der Waals surface area contributed by atoms with Gasteiger partial charge in [-0.05, 0) is 42.0 Å². The number of likely N-dealkylation sites (tertiary alicyclic amines) is 1. The molecule has 0 aromatic heterocycles. The van der Waals surface area contributed by atoms with Gasteiger partial charge in [0.25, 0.3) is 11.8 Å². The topological polar surface area (TPSA) is 103 Å². The van der Waals surface area contributed by atoms with Crippen LogP contribution < -0.4 is 5.01 Å². The molecule has 9 heteroatoms. The van der Waals surface area contributed by atoms with Crippen molar-refractivity contribution in [2.45, 2.75) is 18.0 Å². The van der Waals surface area contributed by atoms with Gasteiger partial charge >= 0.3 is 5.97 Å². The van der Waals surface area contributed by atoms with E-state index < -0.39 is 35.3 Å². The van der Waals surface area contributed by atoms with Crippen molar-refractivity contribution < 1.29 is 19.1 Å². The van der Waals surface area contributed by atoms with E-state index in [4.69, 9.17) is 21.4 Å². The van der Waals surface area contributed by atoms with E-state index in [2.05, 4.69) is 6.07 Å². The highest BCUT2D eigenvalue weighted by Crippen LogP contribution is 2.50. The Morgan fingerprint density at radius 2 is 1.65 bits per heavy atom. The highest BCUT2D eigenvalue weighted by Gasteiger charge is 2.71. The molecule has 2 amide bonds. The zero-order chi connectivity index (χ0) is 26.2. The second-order valence-corrected chi connectivity index (χ2v) is 9.13. The second-order valence-electron chi connectivity index (χ2n) is 8.69. The second kappa shape index (κ2) is 9.52. The van der Waals surface area contributed by atoms with Crippen molar-refractivity contribution in [3.05, 3.63) is 101 Å². The first-order chi connectivity index (χ1) is 17.9. The fourth-order valence-corrected chi connectivity index (χ4v) is 5.26. The van der Waals surface area contributed by atoms with Crippen LogP contribution in [0.4, 0.5) is 5.69 Å². The summed E-state index contributed by atoms with van der Waals surface area (Å²) >= 11 is 6.11. The summed E-state index contributed by atoms with van der Waals surface area (Å²) in [5, 5.41) is 16.7. The Morgan fingerprint density at radius 1 is 1.03 bits per heavy atom. The van der Waals surface area contributed by atoms with Crippen LogP contribution in [-0.2, 0) is 14.3 Å². The van der Waals surface area contributed by atoms with Crippen LogP contribution in [-0.4, -0.2) is 47.1 Å². The number of carbonyl (C=O) groups is 3. The fourth-order valence-electron chi connectivity index (χ4n) is 5.13. The molecule has 1 saturated heterocycles. The van der Waals surface area contributed by atoms with E-state index in [0.29, 0.717) is 22.0 Å². The van der Waals surface area contributed by atoms with Crippen LogP contribution in [0.2, 0.25) is 5.02 Å². The summed E-state index contributed by atoms with van der Waals surface area (Å²) in [6.07, 6.45) is -0.321. The van der Waals surface area contributed by atoms with Crippen LogP contribution in [0.25, 0.3) is 0 Å². The van der Waals surface area contributed by atoms with Crippen LogP contribution in [0.15, 0.2) is 90.0 Å². The summed E-state index contributed by atoms with van der Waals surface area (Å²) in [5.41, 5.74) is 0.0912. The number of methoxy groups -OCH3 is 1. The maximum Gasteiger partial charge on any atom is 0.329 e. The minimum atomic E-state index is -1.66. The molecule has 184 valence electrons. The average molecular weight is 513 g/mol. The summed E-state index contributed by atoms with van der Waals surface area (Å²) in [4.78, 5) is 42.4. The summed E-state index contributed by atoms with van der Waals surface area (Å²) in [7, 11) is 1.20. The lowest BCUT2D eigenvalue weighted by molar-refractivity contribution is -0.148. The van der Waals surface area contributed by atoms with Crippen LogP contribution in [0.1, 0.15) is 22.3 Å². The number of esters is 1. The molecule has 0 radical (unpaired) electrons. The molecule has 3 atom stereocenters. The number of ether oxygens (including phenoxy) is 1. The van der Waals surface area contributed by atoms with Gasteiger partial charge < -0.3 is 4.74 Å². The summed E-state index contributed by atoms with van der Waals surface area (Å²) in [6.45, 7) is 0. The van der Waals surface area contributed by atoms with Gasteiger partial charge in [-0.15, -0.1) is 0 Å². The van der Waals surface area contributed by atoms with E-state index in [0.717, 1.165) is 4.90 Å². The molecule has 2 aliphatic heterocycles. The van der Waals surface area contributed by atoms with E-state index in [-0.39, 0.29) is 12.0 Å². The van der Waals surface area contributed by atoms with Crippen molar-refractivity contribution in [3.63, 3.8) is 0 Å². The van der Waals surface area contributed by atoms with Gasteiger partial charge in [0.15, 0.2) is 5.54 Å². The Bertz CT molecular complexity index is 1440. The maximum atomic E-state index is 14.4. The normalized spacial score (nSPS) is 22.3. The number of nitrogens with zero attached hydrogens (tertiary/aromatic N) is 4. The standard InChI is InChI=1S/C28H21ClN4O4/c1-37-26(35)24-22-23(18-12-14-20(29)15-13-18)31-33(21-10-6-3-7-11-21)28(22,16-17-30)27(36)32(24)25(34)19-8-4-2-5-9-19/h2-15,22,24H,16H2,1H3/t22-,24+,28-/m1/s1. The largest absolute Gasteiger partial charge is 0.467 e. The molecule has 8 nitrogen and oxygen atoms in total. The number of para-hydroxylation sites is 1. The third-order valence-corrected chi connectivity index (χ3v) is 7.00. The number of carbonyl (C=O) groups excluding carboxylic acids is 3. The lowest BCUT2D eigenvalue weighted by Gasteiger charge is -2.33. The molecule has 0 N–H and O–H groups in total. The number of amides is 2. The summed E-state index contributed by atoms with van der Waals surface area (Å²) in [6, 6.07) is 24.7. The van der Waals surface area contributed by atoms with E-state index in [1.54, 1.807) is 78.9 Å². The number of hydrogen-bond donors (Lipinski definition) is 0. The molecular formula is C28H21ClN4O4. The van der Waals surface area contributed by atoms with Gasteiger partial charge in [0, 0.05) is 10.6 Å². The van der Waals surface area contributed by atoms with E-state index in [9.17, 15) is 19.6 Å². The number of nitriles is 1. The van der Waals surface area contributed by atoms with Crippen LogP contribution in [0.3, 0.4) is 0 Å². The number of anilines is 1. The summed E-state index contributed by atoms with van der Waals surface area (Å²) < 4.78 is 5.11. The molecule has 0 spiro atoms. The highest BCUT2D eigenvalue weighted by atomic mass is 35.5. The highest BCUT2D eigenvalue weighted by molar-refractivity contribution is 6.30. The lowest BCUT2D eigenvalue weighted by atomic mass is 9.76. The maximum absolute atomic E-state index is 14.4. The Labute approximate surface area is 218 Å². The Morgan fingerprint density at radius 3 is 2.24 bits per heavy atom. The SMILES string of the molecule is COC(=O)[C@@H]1[C@H]2C(c3ccc(Cl)cc3)=NN(c3ccccc3)[C@@]2(CC#N)C(=O)N1C(=O)c1ccccc1. The molecule has 0 unspecified atom stereocenters. The third kappa shape index (κ3) is 3.76. The Hall–Kier alpha value is -4.48. The molecule has 2 heterocycles. The number of rotatable bonds is 5. The van der Waals surface area contributed by atoms with Crippen molar-refractivity contribution in [1.29, 1.82) is 5.26 Å². The van der Waals surface area contributed by atoms with Crippen molar-refractivity contribution in [1.82, 2.24) is 4.90 Å². The van der Waals surface area contributed by atoms with Crippen LogP contribution in [0.5, 0.6) is 0 Å². The van der Waals surface area contributed by atoms with Gasteiger partial charge in [-0.2, -0.15) is 10.4 Å². The number of benzene rings is 3. The molecular weight excluding hydrogens is 492 g/mol. The van der Waals surface area contributed by atoms with Gasteiger partial charge in [0.05, 0.1) is 36.9 Å². The molecule has 0 bridgehead atoms. The molecule has 5 rings (SSSR count). The van der Waals surface area contributed by atoms with Gasteiger partial charge in [0.2, 0.25) is 0 Å². The molecule has 1 fully saturated rings. The first kappa shape index (κ1) is 24.2. The predicted octanol–water partition coefficient (Wildman–Crippen LogP) is 4.06. The molecule has 0 saturated carbocycles. The van der Waals surface area contributed by atoms with Crippen molar-refractivity contribution in [2.24, 2.45) is 11.0 Å². The molecule has 0 aliphatic carbocycles. The lowest BCUT2D eigenvalue weighted by Crippen LogP contribution is -2.54. The third-order valence-electron chi connectivity index (χ3n) is 6.75. The van der Waals surface area contributed by atoms with Crippen LogP contribution >= 0.6 is 11.6 Å². The van der Waals surface area contributed by atoms with E-state index in [1.807, 2.05) is 6.07 Å². The minimum Gasteiger partial charge on any atom is -0.467 e. The first-order valence-corrected chi connectivity index (χ1v) is 11.9. The fraction of sp³-hybridized carbons (Fsp3) is 0.179. The van der Waals surface area contributed by atoms with E-state index in [1.165, 1.54) is 12.1 Å². The molecule has 2 aliphatic rings. The van der Waals surface area contributed by atoms with Gasteiger partial charge in [-0.1, -0.05) is 60.1 Å². The molecule has 37 heavy (non-hydrogen) atoms. The van der Waals surface area contributed by atoms with Crippen molar-refractivity contribution >= 4 is 40.8 Å². The molecule has 3 aromatic rings. The van der Waals surface area contributed by atoms with Gasteiger partial charge in [-0.25, -0.2) is 9.80 Å². The zero-order valence-electron chi connectivity index (χ0n) is 19.7. The zero-order valence-corrected chi connectivity index (χ0v) is 20.5. The number of fused-ring (bicyclic) bond motifs is 1. The Balaban J connectivity index is 1.77. The monoisotopic (exact) mass is 512 g/mol. The van der Waals surface area contributed by atoms with Crippen molar-refractivity contribution in [3.8, 4) is 6.07 Å². The minimum absolute atomic E-state index is 0.230. The predicted molar refractivity (Wildman–Crippen MR) is 137 cm³/mol. The van der Waals surface area contributed by atoms with Crippen LogP contribution in [0, 0.1) is 17.2 Å². The van der Waals surface area contributed by atoms with Gasteiger partial charge in [0.1, 0.15) is 6.04 Å². The number of hydrogen-bond acceptors (Lipinski definition) is 7. The molecule has 3 aromatic carbocycles. The van der Waals surface area contributed by atoms with E-state index >= 15 is 0 Å². The number of hydrazone groups is 1. The first-order valence-electron chi connectivity index (χ1n) is 11.5. The quantitative estimate of drug-likeness (QED) is 0.377. The Kier molecular flexibility index (Phi) is 6.24. The summed E-state index contributed by atoms with van der Waals surface area (Å²) in [5.74, 6) is -3.11. The van der Waals surface area contributed by atoms with Gasteiger partial charge in [-0.3, -0.25) is 14.5 Å². The number of imide groups is 1. The van der Waals surface area contributed by atoms with Crippen molar-refractivity contribution in [2.75, 3.05) is 12.1 Å².